The molecule has 2 aromatic rings. The van der Waals surface area contributed by atoms with E-state index in [1.54, 1.807) is 0 Å². The number of nitrogens with zero attached hydrogens (tertiary/aromatic N) is 3. The zero-order chi connectivity index (χ0) is 15.6. The third kappa shape index (κ3) is 3.82. The SMILES string of the molecule is CCN(c1ccc(C)cc1)c1cc(Br)nc(C(C)(C)C)n1. The molecule has 0 saturated heterocycles. The fraction of sp³-hybridized carbons (Fsp3) is 0.412. The van der Waals surface area contributed by atoms with Crippen molar-refractivity contribution < 1.29 is 0 Å². The van der Waals surface area contributed by atoms with Crippen molar-refractivity contribution in [3.8, 4) is 0 Å². The lowest BCUT2D eigenvalue weighted by atomic mass is 9.96. The Labute approximate surface area is 135 Å². The highest BCUT2D eigenvalue weighted by atomic mass is 79.9. The molecule has 1 heterocycles. The largest absolute Gasteiger partial charge is 0.327 e. The highest BCUT2D eigenvalue weighted by Gasteiger charge is 2.20. The molecule has 0 fully saturated rings. The van der Waals surface area contributed by atoms with Gasteiger partial charge in [0.15, 0.2) is 0 Å². The van der Waals surface area contributed by atoms with Gasteiger partial charge >= 0.3 is 0 Å². The van der Waals surface area contributed by atoms with E-state index in [1.165, 1.54) is 5.56 Å². The minimum Gasteiger partial charge on any atom is -0.327 e. The van der Waals surface area contributed by atoms with Gasteiger partial charge in [0, 0.05) is 23.7 Å². The van der Waals surface area contributed by atoms with Gasteiger partial charge in [-0.15, -0.1) is 0 Å². The van der Waals surface area contributed by atoms with Crippen LogP contribution in [0.25, 0.3) is 0 Å². The Kier molecular flexibility index (Phi) is 4.67. The topological polar surface area (TPSA) is 29.0 Å². The van der Waals surface area contributed by atoms with Crippen LogP contribution in [0.15, 0.2) is 34.9 Å². The fourth-order valence-electron chi connectivity index (χ4n) is 2.08. The van der Waals surface area contributed by atoms with Gasteiger partial charge in [0.05, 0.1) is 0 Å². The van der Waals surface area contributed by atoms with E-state index in [4.69, 9.17) is 4.98 Å². The maximum atomic E-state index is 4.76. The number of rotatable bonds is 3. The Morgan fingerprint density at radius 3 is 2.24 bits per heavy atom. The molecule has 0 unspecified atom stereocenters. The number of anilines is 2. The molecule has 0 aliphatic carbocycles. The van der Waals surface area contributed by atoms with Crippen molar-refractivity contribution in [1.29, 1.82) is 0 Å². The lowest BCUT2D eigenvalue weighted by Gasteiger charge is -2.25. The molecule has 3 nitrogen and oxygen atoms in total. The van der Waals surface area contributed by atoms with Gasteiger partial charge in [-0.1, -0.05) is 38.5 Å². The van der Waals surface area contributed by atoms with Crippen LogP contribution in [0.1, 0.15) is 39.1 Å². The molecule has 21 heavy (non-hydrogen) atoms. The van der Waals surface area contributed by atoms with Gasteiger partial charge in [0.2, 0.25) is 0 Å². The highest BCUT2D eigenvalue weighted by Crippen LogP contribution is 2.28. The van der Waals surface area contributed by atoms with Crippen LogP contribution in [0.5, 0.6) is 0 Å². The normalized spacial score (nSPS) is 11.5. The number of hydrogen-bond acceptors (Lipinski definition) is 3. The molecule has 0 amide bonds. The molecule has 0 aliphatic heterocycles. The van der Waals surface area contributed by atoms with Gasteiger partial charge in [-0.25, -0.2) is 9.97 Å². The minimum atomic E-state index is -0.0782. The van der Waals surface area contributed by atoms with Gasteiger partial charge < -0.3 is 4.90 Å². The molecule has 0 spiro atoms. The summed E-state index contributed by atoms with van der Waals surface area (Å²) in [4.78, 5) is 11.5. The van der Waals surface area contributed by atoms with Crippen LogP contribution in [0, 0.1) is 6.92 Å². The molecule has 112 valence electrons. The van der Waals surface area contributed by atoms with Gasteiger partial charge in [-0.2, -0.15) is 0 Å². The first kappa shape index (κ1) is 16.0. The maximum Gasteiger partial charge on any atom is 0.137 e. The van der Waals surface area contributed by atoms with Crippen LogP contribution in [0.2, 0.25) is 0 Å². The lowest BCUT2D eigenvalue weighted by Crippen LogP contribution is -2.22. The van der Waals surface area contributed by atoms with E-state index >= 15 is 0 Å². The number of aryl methyl sites for hydroxylation is 1. The van der Waals surface area contributed by atoms with Crippen LogP contribution in [0.3, 0.4) is 0 Å². The van der Waals surface area contributed by atoms with Gasteiger partial charge in [-0.3, -0.25) is 0 Å². The standard InChI is InChI=1S/C17H22BrN3/c1-6-21(13-9-7-12(2)8-10-13)15-11-14(18)19-16(20-15)17(3,4)5/h7-11H,6H2,1-5H3. The van der Waals surface area contributed by atoms with Crippen LogP contribution < -0.4 is 4.90 Å². The monoisotopic (exact) mass is 347 g/mol. The summed E-state index contributed by atoms with van der Waals surface area (Å²) in [5.74, 6) is 1.77. The van der Waals surface area contributed by atoms with Gasteiger partial charge in [-0.05, 0) is 41.9 Å². The summed E-state index contributed by atoms with van der Waals surface area (Å²) in [6, 6.07) is 10.5. The Morgan fingerprint density at radius 1 is 1.10 bits per heavy atom. The van der Waals surface area contributed by atoms with E-state index in [0.29, 0.717) is 0 Å². The first-order valence-corrected chi connectivity index (χ1v) is 8.00. The second-order valence-corrected chi connectivity index (χ2v) is 7.01. The molecule has 0 N–H and O–H groups in total. The molecule has 0 radical (unpaired) electrons. The molecule has 1 aromatic carbocycles. The second-order valence-electron chi connectivity index (χ2n) is 6.20. The Balaban J connectivity index is 2.47. The molecular weight excluding hydrogens is 326 g/mol. The molecular formula is C17H22BrN3. The highest BCUT2D eigenvalue weighted by molar-refractivity contribution is 9.10. The summed E-state index contributed by atoms with van der Waals surface area (Å²) in [5, 5.41) is 0. The number of benzene rings is 1. The minimum absolute atomic E-state index is 0.0782. The first-order chi connectivity index (χ1) is 9.81. The zero-order valence-electron chi connectivity index (χ0n) is 13.3. The summed E-state index contributed by atoms with van der Waals surface area (Å²) in [7, 11) is 0. The predicted molar refractivity (Wildman–Crippen MR) is 92.3 cm³/mol. The lowest BCUT2D eigenvalue weighted by molar-refractivity contribution is 0.543. The average molecular weight is 348 g/mol. The molecule has 2 rings (SSSR count). The van der Waals surface area contributed by atoms with Crippen molar-refractivity contribution in [2.75, 3.05) is 11.4 Å². The van der Waals surface area contributed by atoms with Crippen molar-refractivity contribution in [3.05, 3.63) is 46.3 Å². The average Bonchev–Trinajstić information content (AvgIpc) is 2.40. The fourth-order valence-corrected chi connectivity index (χ4v) is 2.45. The molecule has 1 aromatic heterocycles. The summed E-state index contributed by atoms with van der Waals surface area (Å²) in [6.45, 7) is 11.5. The van der Waals surface area contributed by atoms with E-state index in [-0.39, 0.29) is 5.41 Å². The zero-order valence-corrected chi connectivity index (χ0v) is 14.9. The molecule has 0 atom stereocenters. The molecule has 0 saturated carbocycles. The number of halogens is 1. The van der Waals surface area contributed by atoms with Gasteiger partial charge in [0.25, 0.3) is 0 Å². The van der Waals surface area contributed by atoms with E-state index in [9.17, 15) is 0 Å². The van der Waals surface area contributed by atoms with Crippen LogP contribution in [0.4, 0.5) is 11.5 Å². The molecule has 4 heteroatoms. The van der Waals surface area contributed by atoms with E-state index in [2.05, 4.69) is 84.7 Å². The number of aromatic nitrogens is 2. The third-order valence-corrected chi connectivity index (χ3v) is 3.70. The smallest absolute Gasteiger partial charge is 0.137 e. The molecule has 0 bridgehead atoms. The third-order valence-electron chi connectivity index (χ3n) is 3.29. The second kappa shape index (κ2) is 6.14. The van der Waals surface area contributed by atoms with Crippen molar-refractivity contribution >= 4 is 27.4 Å². The van der Waals surface area contributed by atoms with Crippen molar-refractivity contribution in [1.82, 2.24) is 9.97 Å². The first-order valence-electron chi connectivity index (χ1n) is 7.20. The van der Waals surface area contributed by atoms with Crippen molar-refractivity contribution in [2.45, 2.75) is 40.0 Å². The number of hydrogen-bond donors (Lipinski definition) is 0. The van der Waals surface area contributed by atoms with E-state index < -0.39 is 0 Å². The Hall–Kier alpha value is -1.42. The van der Waals surface area contributed by atoms with Crippen molar-refractivity contribution in [3.63, 3.8) is 0 Å². The molecule has 0 aliphatic rings. The quantitative estimate of drug-likeness (QED) is 0.731. The van der Waals surface area contributed by atoms with Gasteiger partial charge in [0.1, 0.15) is 16.2 Å². The van der Waals surface area contributed by atoms with Crippen molar-refractivity contribution in [2.24, 2.45) is 0 Å². The van der Waals surface area contributed by atoms with Crippen LogP contribution in [-0.4, -0.2) is 16.5 Å². The Bertz CT molecular complexity index is 615. The summed E-state index contributed by atoms with van der Waals surface area (Å²) < 4.78 is 0.822. The summed E-state index contributed by atoms with van der Waals surface area (Å²) >= 11 is 3.51. The van der Waals surface area contributed by atoms with Crippen LogP contribution in [-0.2, 0) is 5.41 Å². The summed E-state index contributed by atoms with van der Waals surface area (Å²) in [6.07, 6.45) is 0. The summed E-state index contributed by atoms with van der Waals surface area (Å²) in [5.41, 5.74) is 2.33. The maximum absolute atomic E-state index is 4.76. The van der Waals surface area contributed by atoms with E-state index in [0.717, 1.165) is 28.5 Å². The Morgan fingerprint density at radius 2 is 1.71 bits per heavy atom. The predicted octanol–water partition coefficient (Wildman–Crippen LogP) is 5.00. The van der Waals surface area contributed by atoms with Crippen LogP contribution >= 0.6 is 15.9 Å². The van der Waals surface area contributed by atoms with E-state index in [1.807, 2.05) is 6.07 Å².